The molecule has 0 radical (unpaired) electrons. The highest BCUT2D eigenvalue weighted by molar-refractivity contribution is 5.03. The first-order chi connectivity index (χ1) is 5.33. The van der Waals surface area contributed by atoms with Crippen LogP contribution in [0.4, 0.5) is 0 Å². The average Bonchev–Trinajstić information content (AvgIpc) is 2.22. The molecule has 0 amide bonds. The Morgan fingerprint density at radius 2 is 2.27 bits per heavy atom. The van der Waals surface area contributed by atoms with E-state index in [2.05, 4.69) is 12.2 Å². The van der Waals surface area contributed by atoms with Gasteiger partial charge in [-0.2, -0.15) is 0 Å². The summed E-state index contributed by atoms with van der Waals surface area (Å²) in [6.07, 6.45) is 4.95. The smallest absolute Gasteiger partial charge is 0.157 e. The highest BCUT2D eigenvalue weighted by Crippen LogP contribution is 2.47. The van der Waals surface area contributed by atoms with Crippen molar-refractivity contribution in [2.75, 3.05) is 6.61 Å². The number of hydrogen-bond donors (Lipinski definition) is 1. The van der Waals surface area contributed by atoms with Crippen LogP contribution in [0.15, 0.2) is 12.2 Å². The average molecular weight is 154 g/mol. The second kappa shape index (κ2) is 2.61. The Hall–Kier alpha value is -0.340. The molecule has 0 spiro atoms. The molecule has 0 bridgehead atoms. The van der Waals surface area contributed by atoms with E-state index in [1.807, 2.05) is 6.92 Å². The first-order valence-electron chi connectivity index (χ1n) is 4.25. The van der Waals surface area contributed by atoms with Crippen LogP contribution in [0, 0.1) is 17.8 Å². The number of ether oxygens (including phenoxy) is 1. The maximum absolute atomic E-state index is 9.26. The van der Waals surface area contributed by atoms with Gasteiger partial charge in [0.05, 0.1) is 6.61 Å². The summed E-state index contributed by atoms with van der Waals surface area (Å²) < 4.78 is 5.14. The lowest BCUT2D eigenvalue weighted by Crippen LogP contribution is -2.37. The van der Waals surface area contributed by atoms with Gasteiger partial charge in [0.15, 0.2) is 6.29 Å². The fraction of sp³-hybridized carbons (Fsp3) is 0.778. The summed E-state index contributed by atoms with van der Waals surface area (Å²) in [6, 6.07) is 0. The largest absolute Gasteiger partial charge is 0.368 e. The van der Waals surface area contributed by atoms with Gasteiger partial charge in [0, 0.05) is 5.92 Å². The van der Waals surface area contributed by atoms with E-state index in [0.29, 0.717) is 17.8 Å². The van der Waals surface area contributed by atoms with Gasteiger partial charge in [0.1, 0.15) is 0 Å². The lowest BCUT2D eigenvalue weighted by atomic mass is 9.66. The zero-order valence-corrected chi connectivity index (χ0v) is 6.73. The summed E-state index contributed by atoms with van der Waals surface area (Å²) in [5, 5.41) is 9.26. The summed E-state index contributed by atoms with van der Waals surface area (Å²) in [7, 11) is 0. The molecule has 0 aromatic heterocycles. The molecule has 2 nitrogen and oxygen atoms in total. The molecule has 1 aliphatic heterocycles. The molecule has 4 unspecified atom stereocenters. The van der Waals surface area contributed by atoms with Crippen molar-refractivity contribution in [2.24, 2.45) is 17.8 Å². The molecule has 4 atom stereocenters. The molecule has 0 aromatic rings. The van der Waals surface area contributed by atoms with Crippen LogP contribution in [0.25, 0.3) is 0 Å². The van der Waals surface area contributed by atoms with Crippen LogP contribution in [0.2, 0.25) is 0 Å². The number of rotatable bonds is 1. The van der Waals surface area contributed by atoms with Gasteiger partial charge in [-0.3, -0.25) is 0 Å². The van der Waals surface area contributed by atoms with E-state index in [0.717, 1.165) is 13.0 Å². The molecule has 1 saturated carbocycles. The van der Waals surface area contributed by atoms with Crippen LogP contribution in [0.5, 0.6) is 0 Å². The summed E-state index contributed by atoms with van der Waals surface area (Å²) in [5.74, 6) is 1.69. The molecule has 1 N–H and O–H groups in total. The van der Waals surface area contributed by atoms with Crippen LogP contribution < -0.4 is 0 Å². The van der Waals surface area contributed by atoms with Crippen molar-refractivity contribution in [3.63, 3.8) is 0 Å². The highest BCUT2D eigenvalue weighted by Gasteiger charge is 2.48. The number of allylic oxidation sites excluding steroid dienone is 2. The van der Waals surface area contributed by atoms with Crippen molar-refractivity contribution < 1.29 is 9.84 Å². The van der Waals surface area contributed by atoms with Gasteiger partial charge in [-0.1, -0.05) is 12.2 Å². The molecular formula is C9H14O2. The van der Waals surface area contributed by atoms with E-state index in [-0.39, 0.29) is 0 Å². The molecule has 2 fully saturated rings. The van der Waals surface area contributed by atoms with Crippen LogP contribution in [-0.4, -0.2) is 18.0 Å². The van der Waals surface area contributed by atoms with Gasteiger partial charge in [0.25, 0.3) is 0 Å². The lowest BCUT2D eigenvalue weighted by Gasteiger charge is -2.37. The Balaban J connectivity index is 1.96. The molecule has 2 aliphatic rings. The number of fused-ring (bicyclic) bond motifs is 1. The normalized spacial score (nSPS) is 49.3. The first-order valence-corrected chi connectivity index (χ1v) is 4.25. The topological polar surface area (TPSA) is 29.5 Å². The van der Waals surface area contributed by atoms with Crippen molar-refractivity contribution in [1.82, 2.24) is 0 Å². The SMILES string of the molecule is C/C=C/C1CC2C(O)OCC12. The van der Waals surface area contributed by atoms with E-state index < -0.39 is 6.29 Å². The number of aliphatic hydroxyl groups is 1. The third kappa shape index (κ3) is 1.01. The van der Waals surface area contributed by atoms with Crippen LogP contribution in [0.1, 0.15) is 13.3 Å². The third-order valence-corrected chi connectivity index (χ3v) is 2.91. The Morgan fingerprint density at radius 3 is 2.91 bits per heavy atom. The van der Waals surface area contributed by atoms with Crippen molar-refractivity contribution in [3.05, 3.63) is 12.2 Å². The summed E-state index contributed by atoms with van der Waals surface area (Å²) in [6.45, 7) is 2.79. The second-order valence-corrected chi connectivity index (χ2v) is 3.48. The number of hydrogen-bond acceptors (Lipinski definition) is 2. The Kier molecular flexibility index (Phi) is 1.74. The van der Waals surface area contributed by atoms with Crippen molar-refractivity contribution in [3.8, 4) is 0 Å². The minimum absolute atomic E-state index is 0.427. The quantitative estimate of drug-likeness (QED) is 0.574. The summed E-state index contributed by atoms with van der Waals surface area (Å²) in [4.78, 5) is 0. The summed E-state index contributed by atoms with van der Waals surface area (Å²) in [5.41, 5.74) is 0. The fourth-order valence-electron chi connectivity index (χ4n) is 2.16. The standard InChI is InChI=1S/C9H14O2/c1-2-3-6-4-7-8(6)5-11-9(7)10/h2-3,6-10H,4-5H2,1H3/b3-2+. The predicted molar refractivity (Wildman–Crippen MR) is 41.9 cm³/mol. The van der Waals surface area contributed by atoms with Crippen molar-refractivity contribution in [1.29, 1.82) is 0 Å². The van der Waals surface area contributed by atoms with Gasteiger partial charge >= 0.3 is 0 Å². The van der Waals surface area contributed by atoms with Crippen LogP contribution in [-0.2, 0) is 4.74 Å². The monoisotopic (exact) mass is 154 g/mol. The van der Waals surface area contributed by atoms with Gasteiger partial charge in [-0.25, -0.2) is 0 Å². The zero-order chi connectivity index (χ0) is 7.84. The zero-order valence-electron chi connectivity index (χ0n) is 6.73. The minimum Gasteiger partial charge on any atom is -0.368 e. The molecule has 2 rings (SSSR count). The van der Waals surface area contributed by atoms with Crippen molar-refractivity contribution in [2.45, 2.75) is 19.6 Å². The first kappa shape index (κ1) is 7.32. The number of aliphatic hydroxyl groups excluding tert-OH is 1. The highest BCUT2D eigenvalue weighted by atomic mass is 16.6. The molecule has 62 valence electrons. The molecule has 11 heavy (non-hydrogen) atoms. The Morgan fingerprint density at radius 1 is 1.45 bits per heavy atom. The summed E-state index contributed by atoms with van der Waals surface area (Å²) >= 11 is 0. The Labute approximate surface area is 66.9 Å². The maximum atomic E-state index is 9.26. The molecular weight excluding hydrogens is 140 g/mol. The second-order valence-electron chi connectivity index (χ2n) is 3.48. The maximum Gasteiger partial charge on any atom is 0.157 e. The minimum atomic E-state index is -0.471. The van der Waals surface area contributed by atoms with Crippen LogP contribution in [0.3, 0.4) is 0 Å². The van der Waals surface area contributed by atoms with E-state index in [1.54, 1.807) is 0 Å². The van der Waals surface area contributed by atoms with E-state index in [4.69, 9.17) is 4.74 Å². The molecule has 2 heteroatoms. The van der Waals surface area contributed by atoms with E-state index in [1.165, 1.54) is 0 Å². The molecule has 0 aromatic carbocycles. The Bertz CT molecular complexity index is 176. The van der Waals surface area contributed by atoms with Crippen LogP contribution >= 0.6 is 0 Å². The van der Waals surface area contributed by atoms with Gasteiger partial charge in [-0.15, -0.1) is 0 Å². The molecule has 1 aliphatic carbocycles. The van der Waals surface area contributed by atoms with Crippen molar-refractivity contribution >= 4 is 0 Å². The van der Waals surface area contributed by atoms with E-state index >= 15 is 0 Å². The van der Waals surface area contributed by atoms with Gasteiger partial charge in [-0.05, 0) is 25.2 Å². The van der Waals surface area contributed by atoms with Gasteiger partial charge < -0.3 is 9.84 Å². The van der Waals surface area contributed by atoms with E-state index in [9.17, 15) is 5.11 Å². The lowest BCUT2D eigenvalue weighted by molar-refractivity contribution is -0.0908. The molecule has 1 heterocycles. The third-order valence-electron chi connectivity index (χ3n) is 2.91. The molecule has 1 saturated heterocycles. The fourth-order valence-corrected chi connectivity index (χ4v) is 2.16. The predicted octanol–water partition coefficient (Wildman–Crippen LogP) is 1.16. The van der Waals surface area contributed by atoms with Gasteiger partial charge in [0.2, 0.25) is 0 Å².